The summed E-state index contributed by atoms with van der Waals surface area (Å²) in [6.45, 7) is 5.35. The van der Waals surface area contributed by atoms with E-state index in [1.807, 2.05) is 24.3 Å². The normalized spacial score (nSPS) is 17.5. The third kappa shape index (κ3) is 3.32. The van der Waals surface area contributed by atoms with E-state index in [0.29, 0.717) is 30.3 Å². The van der Waals surface area contributed by atoms with Crippen LogP contribution >= 0.6 is 0 Å². The third-order valence-electron chi connectivity index (χ3n) is 4.52. The van der Waals surface area contributed by atoms with E-state index in [1.165, 1.54) is 11.6 Å². The van der Waals surface area contributed by atoms with Gasteiger partial charge in [-0.1, -0.05) is 26.0 Å². The monoisotopic (exact) mass is 327 g/mol. The molecule has 0 radical (unpaired) electrons. The Morgan fingerprint density at radius 2 is 1.88 bits per heavy atom. The van der Waals surface area contributed by atoms with Crippen molar-refractivity contribution in [1.82, 2.24) is 14.9 Å². The van der Waals surface area contributed by atoms with Crippen molar-refractivity contribution in [3.05, 3.63) is 68.0 Å². The van der Waals surface area contributed by atoms with Crippen LogP contribution in [0.1, 0.15) is 53.7 Å². The summed E-state index contributed by atoms with van der Waals surface area (Å²) < 4.78 is 0. The van der Waals surface area contributed by atoms with Gasteiger partial charge in [-0.2, -0.15) is 0 Å². The fourth-order valence-electron chi connectivity index (χ4n) is 3.10. The third-order valence-corrected chi connectivity index (χ3v) is 4.52. The topological polar surface area (TPSA) is 86.0 Å². The van der Waals surface area contributed by atoms with Crippen LogP contribution in [0.4, 0.5) is 0 Å². The Morgan fingerprint density at radius 3 is 2.50 bits per heavy atom. The molecule has 1 atom stereocenters. The van der Waals surface area contributed by atoms with Crippen LogP contribution in [0, 0.1) is 0 Å². The highest BCUT2D eigenvalue weighted by molar-refractivity contribution is 5.94. The maximum Gasteiger partial charge on any atom is 0.325 e. The largest absolute Gasteiger partial charge is 0.338 e. The average molecular weight is 327 g/mol. The van der Waals surface area contributed by atoms with Crippen molar-refractivity contribution in [1.29, 1.82) is 0 Å². The molecule has 0 bridgehead atoms. The second kappa shape index (κ2) is 6.47. The van der Waals surface area contributed by atoms with Crippen LogP contribution in [0.15, 0.2) is 39.9 Å². The summed E-state index contributed by atoms with van der Waals surface area (Å²) in [7, 11) is 0. The summed E-state index contributed by atoms with van der Waals surface area (Å²) in [5.41, 5.74) is 1.54. The fraction of sp³-hybridized carbons (Fsp3) is 0.389. The molecule has 0 aliphatic carbocycles. The van der Waals surface area contributed by atoms with E-state index in [9.17, 15) is 14.4 Å². The van der Waals surface area contributed by atoms with Crippen LogP contribution < -0.4 is 11.2 Å². The van der Waals surface area contributed by atoms with E-state index in [1.54, 1.807) is 4.90 Å². The van der Waals surface area contributed by atoms with Gasteiger partial charge in [0.05, 0.1) is 0 Å². The number of hydrogen-bond donors (Lipinski definition) is 2. The summed E-state index contributed by atoms with van der Waals surface area (Å²) in [4.78, 5) is 42.1. The van der Waals surface area contributed by atoms with Gasteiger partial charge in [0.15, 0.2) is 0 Å². The molecule has 3 rings (SSSR count). The zero-order valence-corrected chi connectivity index (χ0v) is 13.8. The summed E-state index contributed by atoms with van der Waals surface area (Å²) in [6.07, 6.45) is 0.731. The van der Waals surface area contributed by atoms with Crippen molar-refractivity contribution in [2.75, 3.05) is 13.1 Å². The maximum absolute atomic E-state index is 12.6. The van der Waals surface area contributed by atoms with E-state index in [2.05, 4.69) is 23.8 Å². The van der Waals surface area contributed by atoms with Crippen LogP contribution in [0.2, 0.25) is 0 Å². The van der Waals surface area contributed by atoms with Crippen LogP contribution in [0.5, 0.6) is 0 Å². The number of benzene rings is 1. The van der Waals surface area contributed by atoms with Gasteiger partial charge in [0.1, 0.15) is 0 Å². The summed E-state index contributed by atoms with van der Waals surface area (Å²) >= 11 is 0. The number of H-pyrrole nitrogens is 2. The van der Waals surface area contributed by atoms with Crippen LogP contribution in [0.3, 0.4) is 0 Å². The Morgan fingerprint density at radius 1 is 1.17 bits per heavy atom. The lowest BCUT2D eigenvalue weighted by atomic mass is 10.0. The highest BCUT2D eigenvalue weighted by Gasteiger charge is 2.28. The molecule has 126 valence electrons. The van der Waals surface area contributed by atoms with E-state index in [4.69, 9.17) is 0 Å². The van der Waals surface area contributed by atoms with Crippen molar-refractivity contribution in [3.8, 4) is 0 Å². The van der Waals surface area contributed by atoms with Crippen LogP contribution in [-0.2, 0) is 0 Å². The first kappa shape index (κ1) is 16.2. The minimum Gasteiger partial charge on any atom is -0.338 e. The highest BCUT2D eigenvalue weighted by Crippen LogP contribution is 2.26. The molecule has 0 spiro atoms. The Labute approximate surface area is 139 Å². The number of aromatic nitrogens is 2. The molecule has 1 fully saturated rings. The molecule has 1 saturated heterocycles. The predicted octanol–water partition coefficient (Wildman–Crippen LogP) is 1.82. The van der Waals surface area contributed by atoms with Crippen LogP contribution in [-0.4, -0.2) is 33.9 Å². The first-order valence-corrected chi connectivity index (χ1v) is 8.17. The SMILES string of the molecule is CC(C)c1ccc(C(=O)N2CCC(c3cc(=O)[nH]c(=O)[nH]3)C2)cc1. The minimum absolute atomic E-state index is 0.0139. The number of nitrogens with one attached hydrogen (secondary N) is 2. The Hall–Kier alpha value is -2.63. The maximum atomic E-state index is 12.6. The standard InChI is InChI=1S/C18H21N3O3/c1-11(2)12-3-5-13(6-4-12)17(23)21-8-7-14(10-21)15-9-16(22)20-18(24)19-15/h3-6,9,11,14H,7-8,10H2,1-2H3,(H2,19,20,22,24). The van der Waals surface area contributed by atoms with Gasteiger partial charge < -0.3 is 9.88 Å². The van der Waals surface area contributed by atoms with Crippen molar-refractivity contribution in [3.63, 3.8) is 0 Å². The molecule has 1 amide bonds. The van der Waals surface area contributed by atoms with E-state index in [0.717, 1.165) is 6.42 Å². The molecule has 1 aromatic heterocycles. The first-order chi connectivity index (χ1) is 11.4. The number of carbonyl (C=O) groups excluding carboxylic acids is 1. The molecular weight excluding hydrogens is 306 g/mol. The second-order valence-corrected chi connectivity index (χ2v) is 6.56. The molecule has 6 heteroatoms. The molecule has 0 saturated carbocycles. The lowest BCUT2D eigenvalue weighted by Gasteiger charge is -2.17. The van der Waals surface area contributed by atoms with Crippen molar-refractivity contribution in [2.24, 2.45) is 0 Å². The molecule has 1 unspecified atom stereocenters. The van der Waals surface area contributed by atoms with Crippen molar-refractivity contribution >= 4 is 5.91 Å². The Bertz CT molecular complexity index is 821. The lowest BCUT2D eigenvalue weighted by Crippen LogP contribution is -2.29. The summed E-state index contributed by atoms with van der Waals surface area (Å²) in [5.74, 6) is 0.400. The van der Waals surface area contributed by atoms with Gasteiger partial charge in [0.25, 0.3) is 11.5 Å². The van der Waals surface area contributed by atoms with Gasteiger partial charge in [-0.3, -0.25) is 14.6 Å². The fourth-order valence-corrected chi connectivity index (χ4v) is 3.10. The lowest BCUT2D eigenvalue weighted by molar-refractivity contribution is 0.0790. The van der Waals surface area contributed by atoms with Crippen molar-refractivity contribution < 1.29 is 4.79 Å². The van der Waals surface area contributed by atoms with E-state index < -0.39 is 11.2 Å². The molecule has 2 aromatic rings. The van der Waals surface area contributed by atoms with E-state index >= 15 is 0 Å². The molecule has 2 heterocycles. The van der Waals surface area contributed by atoms with Gasteiger partial charge in [-0.25, -0.2) is 4.79 Å². The zero-order chi connectivity index (χ0) is 17.3. The summed E-state index contributed by atoms with van der Waals surface area (Å²) in [5, 5.41) is 0. The number of aromatic amines is 2. The van der Waals surface area contributed by atoms with Gasteiger partial charge >= 0.3 is 5.69 Å². The molecule has 24 heavy (non-hydrogen) atoms. The molecule has 2 N–H and O–H groups in total. The second-order valence-electron chi connectivity index (χ2n) is 6.56. The summed E-state index contributed by atoms with van der Waals surface area (Å²) in [6, 6.07) is 9.09. The average Bonchev–Trinajstić information content (AvgIpc) is 3.03. The smallest absolute Gasteiger partial charge is 0.325 e. The highest BCUT2D eigenvalue weighted by atomic mass is 16.2. The van der Waals surface area contributed by atoms with Gasteiger partial charge in [-0.15, -0.1) is 0 Å². The van der Waals surface area contributed by atoms with Gasteiger partial charge in [0, 0.05) is 36.3 Å². The predicted molar refractivity (Wildman–Crippen MR) is 91.5 cm³/mol. The van der Waals surface area contributed by atoms with Gasteiger partial charge in [0.2, 0.25) is 0 Å². The first-order valence-electron chi connectivity index (χ1n) is 8.17. The van der Waals surface area contributed by atoms with Crippen LogP contribution in [0.25, 0.3) is 0 Å². The van der Waals surface area contributed by atoms with E-state index in [-0.39, 0.29) is 11.8 Å². The molecular formula is C18H21N3O3. The molecule has 1 aromatic carbocycles. The molecule has 6 nitrogen and oxygen atoms in total. The Balaban J connectivity index is 1.74. The number of nitrogens with zero attached hydrogens (tertiary/aromatic N) is 1. The quantitative estimate of drug-likeness (QED) is 0.901. The number of carbonyl (C=O) groups is 1. The number of likely N-dealkylation sites (tertiary alicyclic amines) is 1. The number of amides is 1. The molecule has 1 aliphatic rings. The minimum atomic E-state index is -0.508. The number of rotatable bonds is 3. The Kier molecular flexibility index (Phi) is 4.38. The number of hydrogen-bond acceptors (Lipinski definition) is 3. The van der Waals surface area contributed by atoms with Gasteiger partial charge in [-0.05, 0) is 30.0 Å². The van der Waals surface area contributed by atoms with Crippen molar-refractivity contribution in [2.45, 2.75) is 32.1 Å². The zero-order valence-electron chi connectivity index (χ0n) is 13.8. The molecule has 1 aliphatic heterocycles.